The Hall–Kier alpha value is -4.02. The van der Waals surface area contributed by atoms with E-state index in [9.17, 15) is 14.4 Å². The van der Waals surface area contributed by atoms with Crippen molar-refractivity contribution in [3.8, 4) is 23.0 Å². The monoisotopic (exact) mass is 598 g/mol. The fourth-order valence-corrected chi connectivity index (χ4v) is 4.51. The van der Waals surface area contributed by atoms with E-state index in [0.29, 0.717) is 38.1 Å². The first-order valence-corrected chi connectivity index (χ1v) is 12.5. The predicted molar refractivity (Wildman–Crippen MR) is 143 cm³/mol. The lowest BCUT2D eigenvalue weighted by Crippen LogP contribution is -2.54. The Bertz CT molecular complexity index is 1520. The molecule has 0 aliphatic carbocycles. The third kappa shape index (κ3) is 4.92. The zero-order valence-corrected chi connectivity index (χ0v) is 22.5. The molecule has 2 aliphatic rings. The number of imide groups is 2. The average molecular weight is 600 g/mol. The first-order chi connectivity index (χ1) is 18.2. The molecule has 1 fully saturated rings. The largest absolute Gasteiger partial charge is 0.493 e. The summed E-state index contributed by atoms with van der Waals surface area (Å²) in [6.45, 7) is 2.21. The molecular formula is C27H20BrClN2O7. The number of ether oxygens (including phenoxy) is 4. The van der Waals surface area contributed by atoms with Crippen LogP contribution < -0.4 is 29.2 Å². The van der Waals surface area contributed by atoms with Crippen LogP contribution in [0.15, 0.2) is 58.6 Å². The van der Waals surface area contributed by atoms with E-state index in [1.54, 1.807) is 31.2 Å². The highest BCUT2D eigenvalue weighted by atomic mass is 79.9. The van der Waals surface area contributed by atoms with Crippen LogP contribution in [0, 0.1) is 6.92 Å². The van der Waals surface area contributed by atoms with Crippen LogP contribution in [0.3, 0.4) is 0 Å². The van der Waals surface area contributed by atoms with Crippen LogP contribution in [0.2, 0.25) is 5.02 Å². The van der Waals surface area contributed by atoms with Gasteiger partial charge in [-0.15, -0.1) is 0 Å². The summed E-state index contributed by atoms with van der Waals surface area (Å²) in [5, 5.41) is 2.59. The summed E-state index contributed by atoms with van der Waals surface area (Å²) in [6.07, 6.45) is 1.38. The van der Waals surface area contributed by atoms with Gasteiger partial charge in [0.25, 0.3) is 11.8 Å². The molecule has 0 bridgehead atoms. The second-order valence-corrected chi connectivity index (χ2v) is 9.65. The summed E-state index contributed by atoms with van der Waals surface area (Å²) in [7, 11) is 1.48. The number of aryl methyl sites for hydroxylation is 1. The lowest BCUT2D eigenvalue weighted by Gasteiger charge is -2.26. The van der Waals surface area contributed by atoms with Gasteiger partial charge in [0, 0.05) is 9.50 Å². The first-order valence-electron chi connectivity index (χ1n) is 11.3. The molecule has 38 heavy (non-hydrogen) atoms. The maximum atomic E-state index is 13.3. The number of methoxy groups -OCH3 is 1. The van der Waals surface area contributed by atoms with Crippen molar-refractivity contribution in [1.29, 1.82) is 0 Å². The number of hydrogen-bond donors (Lipinski definition) is 1. The molecule has 3 aromatic carbocycles. The molecule has 9 nitrogen and oxygen atoms in total. The topological polar surface area (TPSA) is 103 Å². The van der Waals surface area contributed by atoms with E-state index in [2.05, 4.69) is 21.2 Å². The van der Waals surface area contributed by atoms with Crippen molar-refractivity contribution in [2.24, 2.45) is 0 Å². The van der Waals surface area contributed by atoms with Crippen molar-refractivity contribution in [2.45, 2.75) is 13.5 Å². The van der Waals surface area contributed by atoms with Gasteiger partial charge in [-0.2, -0.15) is 0 Å². The Labute approximate surface area is 231 Å². The number of halogens is 2. The molecule has 3 aromatic rings. The maximum absolute atomic E-state index is 13.3. The number of nitrogens with one attached hydrogen (secondary N) is 1. The Morgan fingerprint density at radius 1 is 1.05 bits per heavy atom. The minimum absolute atomic E-state index is 0.183. The number of urea groups is 1. The molecule has 2 heterocycles. The highest BCUT2D eigenvalue weighted by Gasteiger charge is 2.37. The van der Waals surface area contributed by atoms with Gasteiger partial charge in [0.05, 0.1) is 12.8 Å². The van der Waals surface area contributed by atoms with E-state index in [1.807, 2.05) is 18.2 Å². The summed E-state index contributed by atoms with van der Waals surface area (Å²) < 4.78 is 22.7. The van der Waals surface area contributed by atoms with Gasteiger partial charge in [-0.05, 0) is 66.1 Å². The zero-order valence-electron chi connectivity index (χ0n) is 20.2. The van der Waals surface area contributed by atoms with Gasteiger partial charge in [0.1, 0.15) is 12.2 Å². The van der Waals surface area contributed by atoms with Crippen molar-refractivity contribution in [3.05, 3.63) is 80.3 Å². The van der Waals surface area contributed by atoms with Gasteiger partial charge in [0.15, 0.2) is 23.0 Å². The minimum Gasteiger partial charge on any atom is -0.493 e. The van der Waals surface area contributed by atoms with Crippen LogP contribution in [0.4, 0.5) is 10.5 Å². The van der Waals surface area contributed by atoms with Crippen LogP contribution in [0.1, 0.15) is 16.7 Å². The number of carbonyl (C=O) groups excluding carboxylic acids is 3. The number of fused-ring (bicyclic) bond motifs is 1. The minimum atomic E-state index is -0.860. The number of hydrogen-bond acceptors (Lipinski definition) is 7. The molecule has 1 saturated heterocycles. The molecule has 0 saturated carbocycles. The Morgan fingerprint density at radius 3 is 2.61 bits per heavy atom. The van der Waals surface area contributed by atoms with Crippen molar-refractivity contribution >= 4 is 57.1 Å². The van der Waals surface area contributed by atoms with Crippen LogP contribution in [0.5, 0.6) is 23.0 Å². The fourth-order valence-electron chi connectivity index (χ4n) is 3.89. The van der Waals surface area contributed by atoms with Crippen LogP contribution in [-0.4, -0.2) is 31.7 Å². The van der Waals surface area contributed by atoms with E-state index >= 15 is 0 Å². The molecule has 1 N–H and O–H groups in total. The first kappa shape index (κ1) is 25.6. The molecule has 0 unspecified atom stereocenters. The van der Waals surface area contributed by atoms with E-state index in [4.69, 9.17) is 30.5 Å². The molecule has 0 radical (unpaired) electrons. The molecule has 0 aromatic heterocycles. The van der Waals surface area contributed by atoms with Crippen LogP contribution in [0.25, 0.3) is 6.08 Å². The lowest BCUT2D eigenvalue weighted by atomic mass is 10.1. The van der Waals surface area contributed by atoms with Gasteiger partial charge in [-0.25, -0.2) is 9.69 Å². The van der Waals surface area contributed by atoms with Gasteiger partial charge in [-0.1, -0.05) is 39.7 Å². The van der Waals surface area contributed by atoms with E-state index in [-0.39, 0.29) is 24.7 Å². The summed E-state index contributed by atoms with van der Waals surface area (Å²) in [5.41, 5.74) is 2.11. The second kappa shape index (κ2) is 10.4. The molecule has 0 atom stereocenters. The number of nitrogens with zero attached hydrogens (tertiary/aromatic N) is 1. The zero-order chi connectivity index (χ0) is 27.0. The Morgan fingerprint density at radius 2 is 1.84 bits per heavy atom. The maximum Gasteiger partial charge on any atom is 0.335 e. The third-order valence-electron chi connectivity index (χ3n) is 5.93. The molecule has 4 amide bonds. The van der Waals surface area contributed by atoms with Crippen LogP contribution in [-0.2, 0) is 16.2 Å². The number of barbiturate groups is 1. The van der Waals surface area contributed by atoms with Crippen molar-refractivity contribution in [2.75, 3.05) is 18.8 Å². The van der Waals surface area contributed by atoms with E-state index in [1.165, 1.54) is 19.3 Å². The van der Waals surface area contributed by atoms with Gasteiger partial charge in [-0.3, -0.25) is 14.9 Å². The Kier molecular flexibility index (Phi) is 7.00. The second-order valence-electron chi connectivity index (χ2n) is 8.39. The highest BCUT2D eigenvalue weighted by molar-refractivity contribution is 9.10. The van der Waals surface area contributed by atoms with E-state index in [0.717, 1.165) is 16.0 Å². The number of rotatable bonds is 6. The van der Waals surface area contributed by atoms with Crippen molar-refractivity contribution in [1.82, 2.24) is 5.32 Å². The number of benzene rings is 3. The molecule has 0 spiro atoms. The number of carbonyl (C=O) groups is 3. The van der Waals surface area contributed by atoms with Crippen molar-refractivity contribution < 1.29 is 33.3 Å². The smallest absolute Gasteiger partial charge is 0.335 e. The molecular weight excluding hydrogens is 580 g/mol. The normalized spacial score (nSPS) is 15.6. The standard InChI is InChI=1S/C27H20BrClN2O7/c1-14-3-5-17(10-20(14)29)31-26(33)18(25(32)30-27(31)34)8-16-9-22(35-2)24(11-19(16)28)36-12-15-4-6-21-23(7-15)38-13-37-21/h3-11H,12-13H2,1-2H3,(H,30,32,34)/b18-8-. The lowest BCUT2D eigenvalue weighted by molar-refractivity contribution is -0.122. The SMILES string of the molecule is COc1cc(/C=C2/C(=O)NC(=O)N(c3ccc(C)c(Cl)c3)C2=O)c(Br)cc1OCc1ccc2c(c1)OCO2. The fraction of sp³-hybridized carbons (Fsp3) is 0.148. The highest BCUT2D eigenvalue weighted by Crippen LogP contribution is 2.37. The quantitative estimate of drug-likeness (QED) is 0.299. The number of amides is 4. The number of anilines is 1. The summed E-state index contributed by atoms with van der Waals surface area (Å²) >= 11 is 9.66. The van der Waals surface area contributed by atoms with E-state index < -0.39 is 17.8 Å². The Balaban J connectivity index is 1.42. The van der Waals surface area contributed by atoms with Gasteiger partial charge >= 0.3 is 6.03 Å². The molecule has 5 rings (SSSR count). The van der Waals surface area contributed by atoms with Gasteiger partial charge < -0.3 is 18.9 Å². The van der Waals surface area contributed by atoms with Crippen molar-refractivity contribution in [3.63, 3.8) is 0 Å². The summed E-state index contributed by atoms with van der Waals surface area (Å²) in [4.78, 5) is 39.3. The van der Waals surface area contributed by atoms with Crippen LogP contribution >= 0.6 is 27.5 Å². The molecule has 11 heteroatoms. The molecule has 2 aliphatic heterocycles. The third-order valence-corrected chi connectivity index (χ3v) is 7.02. The van der Waals surface area contributed by atoms with Gasteiger partial charge in [0.2, 0.25) is 6.79 Å². The average Bonchev–Trinajstić information content (AvgIpc) is 3.36. The molecule has 194 valence electrons. The summed E-state index contributed by atoms with van der Waals surface area (Å²) in [5.74, 6) is 0.541. The predicted octanol–water partition coefficient (Wildman–Crippen LogP) is 5.39. The summed E-state index contributed by atoms with van der Waals surface area (Å²) in [6, 6.07) is 12.7.